The van der Waals surface area contributed by atoms with Gasteiger partial charge in [0.2, 0.25) is 0 Å². The number of hydrogen-bond donors (Lipinski definition) is 0. The lowest BCUT2D eigenvalue weighted by atomic mass is 10.0. The molecular weight excluding hydrogens is 302 g/mol. The Labute approximate surface area is 113 Å². The highest BCUT2D eigenvalue weighted by Gasteiger charge is 2.35. The molecule has 20 heavy (non-hydrogen) atoms. The van der Waals surface area contributed by atoms with E-state index in [0.29, 0.717) is 4.31 Å². The van der Waals surface area contributed by atoms with Crippen LogP contribution >= 0.6 is 0 Å². The molecular formula is C11H11F4NO3S. The minimum atomic E-state index is -4.93. The van der Waals surface area contributed by atoms with E-state index in [1.54, 1.807) is 0 Å². The van der Waals surface area contributed by atoms with Crippen molar-refractivity contribution in [3.8, 4) is 0 Å². The quantitative estimate of drug-likeness (QED) is 0.622. The van der Waals surface area contributed by atoms with Crippen molar-refractivity contribution in [2.24, 2.45) is 0 Å². The zero-order valence-corrected chi connectivity index (χ0v) is 10.9. The van der Waals surface area contributed by atoms with Crippen LogP contribution in [0, 0.1) is 0 Å². The summed E-state index contributed by atoms with van der Waals surface area (Å²) in [5.41, 5.74) is -0.605. The third-order valence-corrected chi connectivity index (χ3v) is 3.98. The molecule has 0 radical (unpaired) electrons. The van der Waals surface area contributed by atoms with Gasteiger partial charge in [0, 0.05) is 6.54 Å². The number of rotatable bonds is 2. The van der Waals surface area contributed by atoms with Gasteiger partial charge in [0.1, 0.15) is 0 Å². The molecule has 0 N–H and O–H groups in total. The van der Waals surface area contributed by atoms with Crippen molar-refractivity contribution in [3.63, 3.8) is 0 Å². The average molecular weight is 313 g/mol. The predicted molar refractivity (Wildman–Crippen MR) is 61.7 cm³/mol. The molecule has 0 spiro atoms. The van der Waals surface area contributed by atoms with E-state index in [9.17, 15) is 25.5 Å². The van der Waals surface area contributed by atoms with Crippen LogP contribution in [0.5, 0.6) is 0 Å². The summed E-state index contributed by atoms with van der Waals surface area (Å²) in [4.78, 5) is 0. The van der Waals surface area contributed by atoms with Crippen molar-refractivity contribution < 1.29 is 30.2 Å². The van der Waals surface area contributed by atoms with Crippen molar-refractivity contribution in [3.05, 3.63) is 35.4 Å². The lowest BCUT2D eigenvalue weighted by Crippen LogP contribution is -2.41. The summed E-state index contributed by atoms with van der Waals surface area (Å²) < 4.78 is 78.1. The van der Waals surface area contributed by atoms with Gasteiger partial charge in [-0.05, 0) is 17.7 Å². The summed E-state index contributed by atoms with van der Waals surface area (Å²) >= 11 is 0. The van der Waals surface area contributed by atoms with Crippen LogP contribution in [0.4, 0.5) is 17.1 Å². The molecule has 0 aromatic heterocycles. The second-order valence-electron chi connectivity index (χ2n) is 4.26. The molecule has 1 unspecified atom stereocenters. The van der Waals surface area contributed by atoms with Gasteiger partial charge in [0.05, 0.1) is 24.8 Å². The Morgan fingerprint density at radius 2 is 1.80 bits per heavy atom. The van der Waals surface area contributed by atoms with E-state index in [4.69, 9.17) is 4.74 Å². The van der Waals surface area contributed by atoms with Crippen LogP contribution in [0.3, 0.4) is 0 Å². The van der Waals surface area contributed by atoms with Crippen LogP contribution in [-0.2, 0) is 21.3 Å². The minimum Gasteiger partial charge on any atom is -0.378 e. The number of hydrogen-bond acceptors (Lipinski definition) is 3. The standard InChI is InChI=1S/C11H11F4NO3S/c12-11(13,14)9-3-1-8(2-4-9)10-7-19-6-5-16(10)20(15,17)18/h1-4,10H,5-7H2. The van der Waals surface area contributed by atoms with Crippen molar-refractivity contribution in [1.29, 1.82) is 0 Å². The molecule has 1 aliphatic heterocycles. The molecule has 1 heterocycles. The van der Waals surface area contributed by atoms with Crippen molar-refractivity contribution in [2.75, 3.05) is 19.8 Å². The Kier molecular flexibility index (Phi) is 4.03. The van der Waals surface area contributed by atoms with Gasteiger partial charge >= 0.3 is 16.6 Å². The maximum Gasteiger partial charge on any atom is 0.416 e. The Balaban J connectivity index is 2.29. The Morgan fingerprint density at radius 1 is 1.20 bits per heavy atom. The third kappa shape index (κ3) is 3.28. The van der Waals surface area contributed by atoms with Gasteiger partial charge in [-0.25, -0.2) is 0 Å². The lowest BCUT2D eigenvalue weighted by molar-refractivity contribution is -0.137. The second kappa shape index (κ2) is 5.30. The fourth-order valence-electron chi connectivity index (χ4n) is 2.01. The first-order valence-corrected chi connectivity index (χ1v) is 7.00. The van der Waals surface area contributed by atoms with Gasteiger partial charge in [0.25, 0.3) is 0 Å². The monoisotopic (exact) mass is 313 g/mol. The Morgan fingerprint density at radius 3 is 2.30 bits per heavy atom. The zero-order chi connectivity index (χ0) is 15.0. The topological polar surface area (TPSA) is 46.6 Å². The number of morpholine rings is 1. The van der Waals surface area contributed by atoms with Crippen LogP contribution < -0.4 is 0 Å². The molecule has 2 rings (SSSR count). The lowest BCUT2D eigenvalue weighted by Gasteiger charge is -2.32. The maximum absolute atomic E-state index is 13.1. The molecule has 9 heteroatoms. The average Bonchev–Trinajstić information content (AvgIpc) is 2.37. The fourth-order valence-corrected chi connectivity index (χ4v) is 2.79. The minimum absolute atomic E-state index is 0.0419. The van der Waals surface area contributed by atoms with Crippen LogP contribution in [0.1, 0.15) is 17.2 Å². The van der Waals surface area contributed by atoms with Crippen molar-refractivity contribution >= 4 is 10.4 Å². The highest BCUT2D eigenvalue weighted by molar-refractivity contribution is 7.84. The third-order valence-electron chi connectivity index (χ3n) is 2.98. The molecule has 4 nitrogen and oxygen atoms in total. The zero-order valence-electron chi connectivity index (χ0n) is 10.1. The van der Waals surface area contributed by atoms with Gasteiger partial charge < -0.3 is 4.74 Å². The molecule has 1 saturated heterocycles. The molecule has 0 aliphatic carbocycles. The van der Waals surface area contributed by atoms with Gasteiger partial charge in [-0.1, -0.05) is 16.0 Å². The van der Waals surface area contributed by atoms with Crippen molar-refractivity contribution in [1.82, 2.24) is 4.31 Å². The first kappa shape index (κ1) is 15.2. The van der Waals surface area contributed by atoms with Crippen LogP contribution in [-0.4, -0.2) is 32.5 Å². The fraction of sp³-hybridized carbons (Fsp3) is 0.455. The number of halogens is 4. The van der Waals surface area contributed by atoms with E-state index in [-0.39, 0.29) is 25.3 Å². The summed E-state index contributed by atoms with van der Waals surface area (Å²) in [6.07, 6.45) is -4.48. The SMILES string of the molecule is O=S(=O)(F)N1CCOCC1c1ccc(C(F)(F)F)cc1. The number of nitrogens with zero attached hydrogens (tertiary/aromatic N) is 1. The van der Waals surface area contributed by atoms with E-state index >= 15 is 0 Å². The van der Waals surface area contributed by atoms with E-state index in [1.165, 1.54) is 0 Å². The van der Waals surface area contributed by atoms with E-state index in [2.05, 4.69) is 0 Å². The number of alkyl halides is 3. The highest BCUT2D eigenvalue weighted by Crippen LogP contribution is 2.32. The molecule has 1 aromatic carbocycles. The molecule has 0 bridgehead atoms. The Hall–Kier alpha value is -1.19. The largest absolute Gasteiger partial charge is 0.416 e. The molecule has 112 valence electrons. The second-order valence-corrected chi connectivity index (χ2v) is 5.56. The van der Waals surface area contributed by atoms with Gasteiger partial charge in [-0.15, -0.1) is 0 Å². The first-order chi connectivity index (χ1) is 9.19. The molecule has 0 saturated carbocycles. The molecule has 0 amide bonds. The number of ether oxygens (including phenoxy) is 1. The van der Waals surface area contributed by atoms with Crippen LogP contribution in [0.2, 0.25) is 0 Å². The summed E-state index contributed by atoms with van der Waals surface area (Å²) in [7, 11) is -4.93. The van der Waals surface area contributed by atoms with Crippen molar-refractivity contribution in [2.45, 2.75) is 12.2 Å². The number of benzene rings is 1. The van der Waals surface area contributed by atoms with Gasteiger partial charge in [-0.2, -0.15) is 25.9 Å². The van der Waals surface area contributed by atoms with E-state index in [1.807, 2.05) is 0 Å². The Bertz CT molecular complexity index is 570. The summed E-state index contributed by atoms with van der Waals surface area (Å²) in [5.74, 6) is 0. The normalized spacial score (nSPS) is 21.9. The highest BCUT2D eigenvalue weighted by atomic mass is 32.3. The molecule has 1 aliphatic rings. The smallest absolute Gasteiger partial charge is 0.378 e. The maximum atomic E-state index is 13.1. The molecule has 1 atom stereocenters. The van der Waals surface area contributed by atoms with Gasteiger partial charge in [0.15, 0.2) is 0 Å². The molecule has 1 fully saturated rings. The predicted octanol–water partition coefficient (Wildman–Crippen LogP) is 2.29. The summed E-state index contributed by atoms with van der Waals surface area (Å²) in [5, 5.41) is 0. The van der Waals surface area contributed by atoms with Gasteiger partial charge in [-0.3, -0.25) is 0 Å². The summed E-state index contributed by atoms with van der Waals surface area (Å²) in [6, 6.07) is 2.95. The van der Waals surface area contributed by atoms with E-state index in [0.717, 1.165) is 24.3 Å². The summed E-state index contributed by atoms with van der Waals surface area (Å²) in [6.45, 7) is -0.237. The van der Waals surface area contributed by atoms with Crippen LogP contribution in [0.25, 0.3) is 0 Å². The van der Waals surface area contributed by atoms with Crippen LogP contribution in [0.15, 0.2) is 24.3 Å². The first-order valence-electron chi connectivity index (χ1n) is 5.66. The molecule has 1 aromatic rings. The van der Waals surface area contributed by atoms with E-state index < -0.39 is 28.2 Å².